The first-order chi connectivity index (χ1) is 4.21. The minimum atomic E-state index is -1.27. The van der Waals surface area contributed by atoms with Crippen molar-refractivity contribution in [1.29, 1.82) is 0 Å². The second-order valence-electron chi connectivity index (χ2n) is 2.14. The number of allylic oxidation sites excluding steroid dienone is 1. The monoisotopic (exact) mass is 113 g/mol. The van der Waals surface area contributed by atoms with Crippen LogP contribution in [0.4, 0.5) is 0 Å². The van der Waals surface area contributed by atoms with Crippen LogP contribution in [0.5, 0.6) is 0 Å². The highest BCUT2D eigenvalue weighted by molar-refractivity contribution is 4.90. The van der Waals surface area contributed by atoms with E-state index in [9.17, 15) is 0 Å². The zero-order valence-electron chi connectivity index (χ0n) is 5.93. The summed E-state index contributed by atoms with van der Waals surface area (Å²) in [5.74, 6) is 0. The highest BCUT2D eigenvalue weighted by Gasteiger charge is 2.00. The van der Waals surface area contributed by atoms with Crippen molar-refractivity contribution in [1.82, 2.24) is 0 Å². The van der Waals surface area contributed by atoms with Gasteiger partial charge >= 0.3 is 0 Å². The quantitative estimate of drug-likeness (QED) is 0.472. The minimum Gasteiger partial charge on any atom is -0.389 e. The number of hydrogen-bond acceptors (Lipinski definition) is 1. The van der Waals surface area contributed by atoms with Gasteiger partial charge in [-0.2, -0.15) is 0 Å². The van der Waals surface area contributed by atoms with Gasteiger partial charge in [0.25, 0.3) is 0 Å². The maximum atomic E-state index is 9.13. The standard InChI is InChI=1S/C7H12O/c8-7-5-3-1-2-4-6-7/h3,5,7-8H,1-2,4,6H2/i7D. The molecule has 1 rings (SSSR count). The van der Waals surface area contributed by atoms with Gasteiger partial charge < -0.3 is 5.11 Å². The molecule has 0 fully saturated rings. The van der Waals surface area contributed by atoms with Gasteiger partial charge in [0.05, 0.1) is 7.45 Å². The summed E-state index contributed by atoms with van der Waals surface area (Å²) < 4.78 is 7.23. The van der Waals surface area contributed by atoms with E-state index < -0.39 is 6.08 Å². The van der Waals surface area contributed by atoms with Crippen LogP contribution < -0.4 is 0 Å². The van der Waals surface area contributed by atoms with Crippen molar-refractivity contribution < 1.29 is 6.48 Å². The van der Waals surface area contributed by atoms with Crippen LogP contribution in [0.3, 0.4) is 0 Å². The number of aliphatic hydroxyl groups is 1. The van der Waals surface area contributed by atoms with Crippen molar-refractivity contribution in [3.63, 3.8) is 0 Å². The third-order valence-electron chi connectivity index (χ3n) is 1.36. The van der Waals surface area contributed by atoms with Crippen LogP contribution in [0, 0.1) is 0 Å². The molecule has 0 aromatic carbocycles. The Morgan fingerprint density at radius 1 is 1.62 bits per heavy atom. The summed E-state index contributed by atoms with van der Waals surface area (Å²) in [5, 5.41) is 9.13. The molecule has 0 bridgehead atoms. The molecular weight excluding hydrogens is 100 g/mol. The van der Waals surface area contributed by atoms with Crippen LogP contribution in [-0.2, 0) is 0 Å². The predicted octanol–water partition coefficient (Wildman–Crippen LogP) is 1.48. The Morgan fingerprint density at radius 3 is 3.38 bits per heavy atom. The third kappa shape index (κ3) is 1.66. The third-order valence-corrected chi connectivity index (χ3v) is 1.36. The minimum absolute atomic E-state index is 0.587. The lowest BCUT2D eigenvalue weighted by molar-refractivity contribution is 0.211. The lowest BCUT2D eigenvalue weighted by atomic mass is 10.2. The van der Waals surface area contributed by atoms with Gasteiger partial charge in [-0.3, -0.25) is 0 Å². The molecule has 1 aliphatic carbocycles. The molecular formula is C7H12O. The normalized spacial score (nSPS) is 40.9. The Morgan fingerprint density at radius 2 is 2.50 bits per heavy atom. The Hall–Kier alpha value is -0.300. The van der Waals surface area contributed by atoms with E-state index in [0.717, 1.165) is 19.3 Å². The molecule has 8 heavy (non-hydrogen) atoms. The maximum absolute atomic E-state index is 9.13. The summed E-state index contributed by atoms with van der Waals surface area (Å²) in [6, 6.07) is 0. The molecule has 0 amide bonds. The van der Waals surface area contributed by atoms with Crippen molar-refractivity contribution in [2.75, 3.05) is 0 Å². The van der Waals surface area contributed by atoms with Gasteiger partial charge in [0, 0.05) is 0 Å². The Labute approximate surface area is 51.4 Å². The smallest absolute Gasteiger partial charge is 0.0720 e. The van der Waals surface area contributed by atoms with E-state index >= 15 is 0 Å². The number of rotatable bonds is 0. The van der Waals surface area contributed by atoms with Crippen LogP contribution in [0.2, 0.25) is 0 Å². The molecule has 1 nitrogen and oxygen atoms in total. The van der Waals surface area contributed by atoms with E-state index in [1.165, 1.54) is 0 Å². The van der Waals surface area contributed by atoms with Crippen molar-refractivity contribution in [2.45, 2.75) is 31.8 Å². The molecule has 1 unspecified atom stereocenters. The summed E-state index contributed by atoms with van der Waals surface area (Å²) in [4.78, 5) is 0. The highest BCUT2D eigenvalue weighted by atomic mass is 16.3. The second-order valence-corrected chi connectivity index (χ2v) is 2.14. The molecule has 0 saturated carbocycles. The first-order valence-corrected chi connectivity index (χ1v) is 3.11. The SMILES string of the molecule is [2H]C1(O)C=CCCCC1. The van der Waals surface area contributed by atoms with Crippen LogP contribution >= 0.6 is 0 Å². The van der Waals surface area contributed by atoms with E-state index in [4.69, 9.17) is 6.48 Å². The molecule has 1 N–H and O–H groups in total. The predicted molar refractivity (Wildman–Crippen MR) is 33.6 cm³/mol. The number of hydrogen-bond donors (Lipinski definition) is 1. The Bertz CT molecular complexity index is 118. The Kier molecular flexibility index (Phi) is 1.64. The van der Waals surface area contributed by atoms with Crippen molar-refractivity contribution in [3.05, 3.63) is 12.2 Å². The summed E-state index contributed by atoms with van der Waals surface area (Å²) >= 11 is 0. The lowest BCUT2D eigenvalue weighted by Gasteiger charge is -1.98. The first-order valence-electron chi connectivity index (χ1n) is 3.61. The van der Waals surface area contributed by atoms with E-state index in [0.29, 0.717) is 6.42 Å². The van der Waals surface area contributed by atoms with Crippen LogP contribution in [0.25, 0.3) is 0 Å². The van der Waals surface area contributed by atoms with Crippen LogP contribution in [-0.4, -0.2) is 11.2 Å². The molecule has 0 aromatic heterocycles. The van der Waals surface area contributed by atoms with Gasteiger partial charge in [-0.15, -0.1) is 0 Å². The van der Waals surface area contributed by atoms with Crippen molar-refractivity contribution in [3.8, 4) is 0 Å². The first kappa shape index (κ1) is 4.57. The van der Waals surface area contributed by atoms with Gasteiger partial charge in [0.1, 0.15) is 0 Å². The molecule has 0 saturated heterocycles. The zero-order valence-corrected chi connectivity index (χ0v) is 4.93. The molecule has 1 atom stereocenters. The molecule has 1 heteroatoms. The molecule has 46 valence electrons. The van der Waals surface area contributed by atoms with Gasteiger partial charge in [0.15, 0.2) is 0 Å². The van der Waals surface area contributed by atoms with E-state index in [1.54, 1.807) is 6.08 Å². The fourth-order valence-corrected chi connectivity index (χ4v) is 0.871. The average Bonchev–Trinajstić information content (AvgIpc) is 1.92. The van der Waals surface area contributed by atoms with Gasteiger partial charge in [0.2, 0.25) is 0 Å². The van der Waals surface area contributed by atoms with E-state index in [1.807, 2.05) is 6.08 Å². The second kappa shape index (κ2) is 2.88. The highest BCUT2D eigenvalue weighted by Crippen LogP contribution is 2.09. The summed E-state index contributed by atoms with van der Waals surface area (Å²) in [6.07, 6.45) is 5.88. The molecule has 0 aromatic rings. The summed E-state index contributed by atoms with van der Waals surface area (Å²) in [5.41, 5.74) is 0. The van der Waals surface area contributed by atoms with E-state index in [-0.39, 0.29) is 0 Å². The Balaban J connectivity index is 2.52. The lowest BCUT2D eigenvalue weighted by Crippen LogP contribution is -1.98. The zero-order chi connectivity index (χ0) is 6.74. The molecule has 0 radical (unpaired) electrons. The summed E-state index contributed by atoms with van der Waals surface area (Å²) in [7, 11) is 0. The van der Waals surface area contributed by atoms with Gasteiger partial charge in [-0.1, -0.05) is 18.6 Å². The summed E-state index contributed by atoms with van der Waals surface area (Å²) in [6.45, 7) is 0. The molecule has 0 aliphatic heterocycles. The average molecular weight is 113 g/mol. The van der Waals surface area contributed by atoms with E-state index in [2.05, 4.69) is 0 Å². The fourth-order valence-electron chi connectivity index (χ4n) is 0.871. The molecule has 1 aliphatic rings. The van der Waals surface area contributed by atoms with Crippen LogP contribution in [0.1, 0.15) is 27.1 Å². The fraction of sp³-hybridized carbons (Fsp3) is 0.714. The molecule has 0 heterocycles. The largest absolute Gasteiger partial charge is 0.389 e. The van der Waals surface area contributed by atoms with Crippen LogP contribution in [0.15, 0.2) is 12.2 Å². The molecule has 0 spiro atoms. The topological polar surface area (TPSA) is 20.2 Å². The maximum Gasteiger partial charge on any atom is 0.0720 e. The van der Waals surface area contributed by atoms with Gasteiger partial charge in [-0.25, -0.2) is 0 Å². The van der Waals surface area contributed by atoms with Crippen molar-refractivity contribution in [2.24, 2.45) is 0 Å². The van der Waals surface area contributed by atoms with Gasteiger partial charge in [-0.05, 0) is 19.3 Å². The van der Waals surface area contributed by atoms with Crippen molar-refractivity contribution >= 4 is 0 Å².